The highest BCUT2D eigenvalue weighted by Gasteiger charge is 2.22. The van der Waals surface area contributed by atoms with E-state index in [4.69, 9.17) is 0 Å². The number of ketones is 1. The molecule has 2 aromatic heterocycles. The van der Waals surface area contributed by atoms with Crippen molar-refractivity contribution in [1.82, 2.24) is 4.57 Å². The van der Waals surface area contributed by atoms with E-state index < -0.39 is 0 Å². The Labute approximate surface area is 147 Å². The number of aryl methyl sites for hydroxylation is 2. The molecular formula is C21H23NOS. The summed E-state index contributed by atoms with van der Waals surface area (Å²) in [6.45, 7) is 9.13. The molecule has 3 heteroatoms. The minimum Gasteiger partial charge on any atom is -0.330 e. The number of carbonyl (C=O) groups excluding carboxylic acids is 1. The highest BCUT2D eigenvalue weighted by atomic mass is 32.1. The lowest BCUT2D eigenvalue weighted by Crippen LogP contribution is -2.12. The van der Waals surface area contributed by atoms with Crippen LogP contribution in [0, 0.1) is 6.92 Å². The van der Waals surface area contributed by atoms with Gasteiger partial charge in [0.05, 0.1) is 5.69 Å². The Kier molecular flexibility index (Phi) is 4.72. The molecule has 0 saturated heterocycles. The van der Waals surface area contributed by atoms with E-state index in [1.807, 2.05) is 38.1 Å². The fourth-order valence-corrected chi connectivity index (χ4v) is 4.13. The smallest absolute Gasteiger partial charge is 0.209 e. The van der Waals surface area contributed by atoms with Gasteiger partial charge in [0.2, 0.25) is 5.78 Å². The Morgan fingerprint density at radius 1 is 1.17 bits per heavy atom. The number of rotatable bonds is 5. The largest absolute Gasteiger partial charge is 0.330 e. The van der Waals surface area contributed by atoms with Gasteiger partial charge in [-0.25, -0.2) is 0 Å². The molecule has 0 radical (unpaired) electrons. The molecule has 3 rings (SSSR count). The maximum Gasteiger partial charge on any atom is 0.209 e. The van der Waals surface area contributed by atoms with E-state index in [9.17, 15) is 4.79 Å². The molecule has 1 aromatic carbocycles. The Morgan fingerprint density at radius 2 is 1.92 bits per heavy atom. The van der Waals surface area contributed by atoms with E-state index in [1.165, 1.54) is 4.83 Å². The van der Waals surface area contributed by atoms with Gasteiger partial charge >= 0.3 is 0 Å². The molecule has 0 N–H and O–H groups in total. The predicted octanol–water partition coefficient (Wildman–Crippen LogP) is 6.10. The summed E-state index contributed by atoms with van der Waals surface area (Å²) in [6.07, 6.45) is 1.01. The van der Waals surface area contributed by atoms with Gasteiger partial charge in [0.25, 0.3) is 0 Å². The summed E-state index contributed by atoms with van der Waals surface area (Å²) in [7, 11) is 0. The molecular weight excluding hydrogens is 314 g/mol. The molecule has 0 atom stereocenters. The summed E-state index contributed by atoms with van der Waals surface area (Å²) >= 11 is 1.71. The normalized spacial score (nSPS) is 11.0. The van der Waals surface area contributed by atoms with E-state index in [1.54, 1.807) is 11.3 Å². The van der Waals surface area contributed by atoms with Gasteiger partial charge in [-0.2, -0.15) is 0 Å². The minimum atomic E-state index is 0.126. The van der Waals surface area contributed by atoms with Gasteiger partial charge in [0.15, 0.2) is 0 Å². The number of fused-ring (bicyclic) bond motifs is 1. The third-order valence-corrected chi connectivity index (χ3v) is 5.28. The summed E-state index contributed by atoms with van der Waals surface area (Å²) in [5, 5.41) is 3.25. The number of nitrogens with zero attached hydrogens (tertiary/aromatic N) is 1. The van der Waals surface area contributed by atoms with Gasteiger partial charge in [-0.1, -0.05) is 36.8 Å². The van der Waals surface area contributed by atoms with Crippen molar-refractivity contribution in [3.8, 4) is 0 Å². The molecule has 2 nitrogen and oxygen atoms in total. The molecule has 0 amide bonds. The zero-order valence-corrected chi connectivity index (χ0v) is 15.5. The van der Waals surface area contributed by atoms with Crippen LogP contribution in [0.1, 0.15) is 48.8 Å². The second-order valence-corrected chi connectivity index (χ2v) is 7.28. The number of carbonyl (C=O) groups is 1. The van der Waals surface area contributed by atoms with Crippen molar-refractivity contribution in [2.75, 3.05) is 0 Å². The lowest BCUT2D eigenvalue weighted by Gasteiger charge is -2.14. The third-order valence-electron chi connectivity index (χ3n) is 4.32. The quantitative estimate of drug-likeness (QED) is 0.407. The van der Waals surface area contributed by atoms with Crippen LogP contribution < -0.4 is 0 Å². The number of hydrogen-bond donors (Lipinski definition) is 0. The van der Waals surface area contributed by atoms with Crippen molar-refractivity contribution in [2.45, 2.75) is 40.7 Å². The average Bonchev–Trinajstić information content (AvgIpc) is 3.12. The first kappa shape index (κ1) is 16.7. The van der Waals surface area contributed by atoms with Gasteiger partial charge in [-0.3, -0.25) is 4.79 Å². The molecule has 3 aromatic rings. The van der Waals surface area contributed by atoms with E-state index in [-0.39, 0.29) is 5.78 Å². The van der Waals surface area contributed by atoms with E-state index >= 15 is 0 Å². The zero-order valence-electron chi connectivity index (χ0n) is 14.7. The topological polar surface area (TPSA) is 22.0 Å². The van der Waals surface area contributed by atoms with Crippen molar-refractivity contribution in [1.29, 1.82) is 0 Å². The van der Waals surface area contributed by atoms with Crippen molar-refractivity contribution >= 4 is 32.9 Å². The highest BCUT2D eigenvalue weighted by molar-refractivity contribution is 7.16. The van der Waals surface area contributed by atoms with Crippen molar-refractivity contribution in [2.24, 2.45) is 0 Å². The van der Waals surface area contributed by atoms with Crippen molar-refractivity contribution < 1.29 is 4.79 Å². The molecule has 2 heterocycles. The van der Waals surface area contributed by atoms with Crippen LogP contribution in [0.5, 0.6) is 0 Å². The lowest BCUT2D eigenvalue weighted by molar-refractivity contribution is 0.104. The molecule has 24 heavy (non-hydrogen) atoms. The van der Waals surface area contributed by atoms with Crippen molar-refractivity contribution in [3.05, 3.63) is 64.2 Å². The average molecular weight is 337 g/mol. The number of aromatic nitrogens is 1. The Balaban J connectivity index is 2.16. The molecule has 0 bridgehead atoms. The molecule has 124 valence electrons. The van der Waals surface area contributed by atoms with E-state index in [0.717, 1.165) is 46.3 Å². The van der Waals surface area contributed by atoms with Crippen LogP contribution in [-0.2, 0) is 6.54 Å². The van der Waals surface area contributed by atoms with Crippen LogP contribution in [0.15, 0.2) is 47.4 Å². The SMILES string of the molecule is CCCn1c(C(=O)C(=C(C)C)c2ccccc2C)cc2ccsc21. The molecule has 0 aliphatic carbocycles. The van der Waals surface area contributed by atoms with Crippen LogP contribution in [0.25, 0.3) is 15.8 Å². The van der Waals surface area contributed by atoms with Crippen LogP contribution in [0.3, 0.4) is 0 Å². The van der Waals surface area contributed by atoms with E-state index in [0.29, 0.717) is 0 Å². The highest BCUT2D eigenvalue weighted by Crippen LogP contribution is 2.31. The number of allylic oxidation sites excluding steroid dienone is 2. The predicted molar refractivity (Wildman–Crippen MR) is 104 cm³/mol. The van der Waals surface area contributed by atoms with Crippen LogP contribution in [0.2, 0.25) is 0 Å². The maximum absolute atomic E-state index is 13.4. The number of benzene rings is 1. The summed E-state index contributed by atoms with van der Waals surface area (Å²) in [6, 6.07) is 12.3. The molecule has 0 aliphatic rings. The molecule has 0 unspecified atom stereocenters. The van der Waals surface area contributed by atoms with E-state index in [2.05, 4.69) is 35.9 Å². The summed E-state index contributed by atoms with van der Waals surface area (Å²) in [5.74, 6) is 0.126. The van der Waals surface area contributed by atoms with Gasteiger partial charge < -0.3 is 4.57 Å². The second-order valence-electron chi connectivity index (χ2n) is 6.38. The summed E-state index contributed by atoms with van der Waals surface area (Å²) in [4.78, 5) is 14.6. The van der Waals surface area contributed by atoms with Gasteiger partial charge in [0.1, 0.15) is 4.83 Å². The van der Waals surface area contributed by atoms with Gasteiger partial charge in [-0.05, 0) is 55.8 Å². The first-order chi connectivity index (χ1) is 11.5. The summed E-state index contributed by atoms with van der Waals surface area (Å²) in [5.41, 5.74) is 4.86. The van der Waals surface area contributed by atoms with Crippen LogP contribution >= 0.6 is 11.3 Å². The fourth-order valence-electron chi connectivity index (χ4n) is 3.21. The molecule has 0 spiro atoms. The molecule has 0 aliphatic heterocycles. The molecule has 0 saturated carbocycles. The second kappa shape index (κ2) is 6.78. The lowest BCUT2D eigenvalue weighted by atomic mass is 9.92. The van der Waals surface area contributed by atoms with Crippen LogP contribution in [-0.4, -0.2) is 10.4 Å². The Hall–Kier alpha value is -2.13. The first-order valence-electron chi connectivity index (χ1n) is 8.39. The van der Waals surface area contributed by atoms with Gasteiger partial charge in [0, 0.05) is 17.5 Å². The van der Waals surface area contributed by atoms with Gasteiger partial charge in [-0.15, -0.1) is 11.3 Å². The summed E-state index contributed by atoms with van der Waals surface area (Å²) < 4.78 is 2.18. The van der Waals surface area contributed by atoms with Crippen molar-refractivity contribution in [3.63, 3.8) is 0 Å². The number of hydrogen-bond acceptors (Lipinski definition) is 2. The molecule has 0 fully saturated rings. The Morgan fingerprint density at radius 3 is 2.58 bits per heavy atom. The zero-order chi connectivity index (χ0) is 17.3. The monoisotopic (exact) mass is 337 g/mol. The minimum absolute atomic E-state index is 0.126. The maximum atomic E-state index is 13.4. The van der Waals surface area contributed by atoms with Crippen LogP contribution in [0.4, 0.5) is 0 Å². The fraction of sp³-hybridized carbons (Fsp3) is 0.286. The number of thiophene rings is 1. The standard InChI is InChI=1S/C21H23NOS/c1-5-11-22-18(13-16-10-12-24-21(16)22)20(23)19(14(2)3)17-9-7-6-8-15(17)4/h6-10,12-13H,5,11H2,1-4H3. The third kappa shape index (κ3) is 2.84. The number of Topliss-reactive ketones (excluding diaryl/α,β-unsaturated/α-hetero) is 1. The first-order valence-corrected chi connectivity index (χ1v) is 9.27. The Bertz CT molecular complexity index is 922.